The molecule has 170 valence electrons. The standard InChI is InChI=1S/C20H16ClF3N2O4S2/c21-12-5-7-13(8-6-12)30-9-18(27)25-19-26(16-10-32(28,29)11-17(16)31-19)15-4-2-1-3-14(15)20(22,23)24/h1-8,16-17H,9-11H2/t16-,17-/m1/s1. The van der Waals surface area contributed by atoms with Crippen LogP contribution in [0, 0.1) is 0 Å². The summed E-state index contributed by atoms with van der Waals surface area (Å²) in [7, 11) is -3.42. The summed E-state index contributed by atoms with van der Waals surface area (Å²) in [6.45, 7) is -0.436. The fourth-order valence-corrected chi connectivity index (χ4v) is 7.63. The second-order valence-electron chi connectivity index (χ2n) is 7.22. The monoisotopic (exact) mass is 504 g/mol. The van der Waals surface area contributed by atoms with Gasteiger partial charge in [0.05, 0.1) is 28.8 Å². The summed E-state index contributed by atoms with van der Waals surface area (Å²) in [5, 5.41) is -0.00642. The number of benzene rings is 2. The van der Waals surface area contributed by atoms with E-state index in [-0.39, 0.29) is 22.4 Å². The smallest absolute Gasteiger partial charge is 0.418 e. The van der Waals surface area contributed by atoms with Crippen LogP contribution in [0.5, 0.6) is 5.75 Å². The Bertz CT molecular complexity index is 1170. The van der Waals surface area contributed by atoms with Gasteiger partial charge in [0.25, 0.3) is 5.91 Å². The minimum absolute atomic E-state index is 0.0244. The second kappa shape index (κ2) is 8.60. The van der Waals surface area contributed by atoms with Crippen LogP contribution in [0.3, 0.4) is 0 Å². The molecule has 2 aromatic carbocycles. The number of amides is 1. The zero-order valence-corrected chi connectivity index (χ0v) is 18.6. The van der Waals surface area contributed by atoms with Gasteiger partial charge in [-0.3, -0.25) is 4.79 Å². The van der Waals surface area contributed by atoms with E-state index < -0.39 is 45.4 Å². The molecule has 12 heteroatoms. The highest BCUT2D eigenvalue weighted by atomic mass is 35.5. The van der Waals surface area contributed by atoms with Gasteiger partial charge in [0.1, 0.15) is 5.75 Å². The summed E-state index contributed by atoms with van der Waals surface area (Å²) in [6.07, 6.45) is -4.66. The van der Waals surface area contributed by atoms with Crippen LogP contribution < -0.4 is 9.64 Å². The van der Waals surface area contributed by atoms with E-state index in [1.54, 1.807) is 24.3 Å². The molecule has 0 N–H and O–H groups in total. The highest BCUT2D eigenvalue weighted by Crippen LogP contribution is 2.45. The maximum absolute atomic E-state index is 13.6. The molecule has 0 bridgehead atoms. The molecule has 0 saturated carbocycles. The quantitative estimate of drug-likeness (QED) is 0.625. The lowest BCUT2D eigenvalue weighted by Gasteiger charge is -2.27. The largest absolute Gasteiger partial charge is 0.484 e. The Morgan fingerprint density at radius 3 is 2.53 bits per heavy atom. The van der Waals surface area contributed by atoms with Crippen molar-refractivity contribution < 1.29 is 31.1 Å². The van der Waals surface area contributed by atoms with Gasteiger partial charge in [0.15, 0.2) is 21.6 Å². The SMILES string of the molecule is O=C(COc1ccc(Cl)cc1)N=C1S[C@@H]2CS(=O)(=O)C[C@H]2N1c1ccccc1C(F)(F)F. The van der Waals surface area contributed by atoms with E-state index in [0.717, 1.165) is 17.8 Å². The van der Waals surface area contributed by atoms with Crippen LogP contribution >= 0.6 is 23.4 Å². The summed E-state index contributed by atoms with van der Waals surface area (Å²) in [5.41, 5.74) is -1.16. The summed E-state index contributed by atoms with van der Waals surface area (Å²) < 4.78 is 70.5. The van der Waals surface area contributed by atoms with Gasteiger partial charge in [0.2, 0.25) is 0 Å². The van der Waals surface area contributed by atoms with E-state index in [0.29, 0.717) is 10.8 Å². The minimum atomic E-state index is -4.66. The molecule has 0 aromatic heterocycles. The number of para-hydroxylation sites is 1. The first-order chi connectivity index (χ1) is 15.0. The van der Waals surface area contributed by atoms with Crippen molar-refractivity contribution in [2.45, 2.75) is 17.5 Å². The van der Waals surface area contributed by atoms with Gasteiger partial charge in [-0.25, -0.2) is 8.42 Å². The molecular weight excluding hydrogens is 489 g/mol. The zero-order chi connectivity index (χ0) is 23.1. The van der Waals surface area contributed by atoms with Crippen molar-refractivity contribution in [3.63, 3.8) is 0 Å². The second-order valence-corrected chi connectivity index (χ2v) is 11.0. The number of halogens is 4. The number of sulfone groups is 1. The first-order valence-electron chi connectivity index (χ1n) is 9.36. The molecule has 2 saturated heterocycles. The molecule has 0 radical (unpaired) electrons. The Balaban J connectivity index is 1.64. The van der Waals surface area contributed by atoms with Crippen LogP contribution in [-0.2, 0) is 20.8 Å². The number of carbonyl (C=O) groups is 1. The first kappa shape index (κ1) is 22.9. The fraction of sp³-hybridized carbons (Fsp3) is 0.300. The summed E-state index contributed by atoms with van der Waals surface area (Å²) >= 11 is 6.79. The third-order valence-corrected chi connectivity index (χ3v) is 8.39. The summed E-state index contributed by atoms with van der Waals surface area (Å²) in [4.78, 5) is 17.6. The normalized spacial score (nSPS) is 23.4. The highest BCUT2D eigenvalue weighted by molar-refractivity contribution is 8.16. The van der Waals surface area contributed by atoms with Gasteiger partial charge >= 0.3 is 6.18 Å². The minimum Gasteiger partial charge on any atom is -0.484 e. The molecule has 32 heavy (non-hydrogen) atoms. The van der Waals surface area contributed by atoms with Gasteiger partial charge in [-0.1, -0.05) is 35.5 Å². The molecular formula is C20H16ClF3N2O4S2. The number of alkyl halides is 3. The maximum atomic E-state index is 13.6. The van der Waals surface area contributed by atoms with Gasteiger partial charge in [0, 0.05) is 10.3 Å². The lowest BCUT2D eigenvalue weighted by atomic mass is 10.1. The van der Waals surface area contributed by atoms with Crippen molar-refractivity contribution in [1.82, 2.24) is 0 Å². The molecule has 4 rings (SSSR count). The highest BCUT2D eigenvalue weighted by Gasteiger charge is 2.51. The fourth-order valence-electron chi connectivity index (χ4n) is 3.58. The topological polar surface area (TPSA) is 76.0 Å². The van der Waals surface area contributed by atoms with Crippen molar-refractivity contribution in [3.05, 3.63) is 59.1 Å². The molecule has 2 atom stereocenters. The Morgan fingerprint density at radius 2 is 1.84 bits per heavy atom. The molecule has 0 unspecified atom stereocenters. The molecule has 2 aliphatic rings. The molecule has 2 heterocycles. The Kier molecular flexibility index (Phi) is 6.17. The van der Waals surface area contributed by atoms with Crippen LogP contribution in [0.4, 0.5) is 18.9 Å². The average molecular weight is 505 g/mol. The number of nitrogens with zero attached hydrogens (tertiary/aromatic N) is 2. The van der Waals surface area contributed by atoms with E-state index >= 15 is 0 Å². The Labute approximate surface area is 191 Å². The van der Waals surface area contributed by atoms with Crippen LogP contribution in [-0.4, -0.2) is 48.9 Å². The van der Waals surface area contributed by atoms with Gasteiger partial charge in [-0.15, -0.1) is 0 Å². The number of aliphatic imine (C=N–C) groups is 1. The Hall–Kier alpha value is -2.24. The van der Waals surface area contributed by atoms with Gasteiger partial charge in [-0.2, -0.15) is 18.2 Å². The third-order valence-electron chi connectivity index (χ3n) is 4.93. The van der Waals surface area contributed by atoms with Crippen LogP contribution in [0.25, 0.3) is 0 Å². The van der Waals surface area contributed by atoms with Crippen LogP contribution in [0.2, 0.25) is 5.02 Å². The lowest BCUT2D eigenvalue weighted by Crippen LogP contribution is -2.39. The molecule has 1 amide bonds. The first-order valence-corrected chi connectivity index (χ1v) is 12.4. The van der Waals surface area contributed by atoms with E-state index in [1.807, 2.05) is 0 Å². The summed E-state index contributed by atoms with van der Waals surface area (Å²) in [5.74, 6) is -0.837. The molecule has 2 aliphatic heterocycles. The Morgan fingerprint density at radius 1 is 1.16 bits per heavy atom. The van der Waals surface area contributed by atoms with Gasteiger partial charge in [-0.05, 0) is 36.4 Å². The van der Waals surface area contributed by atoms with E-state index in [4.69, 9.17) is 16.3 Å². The predicted molar refractivity (Wildman–Crippen MR) is 117 cm³/mol. The molecule has 6 nitrogen and oxygen atoms in total. The van der Waals surface area contributed by atoms with Crippen molar-refractivity contribution >= 4 is 50.0 Å². The molecule has 0 spiro atoms. The van der Waals surface area contributed by atoms with Crippen LogP contribution in [0.15, 0.2) is 53.5 Å². The van der Waals surface area contributed by atoms with Crippen molar-refractivity contribution in [2.24, 2.45) is 4.99 Å². The molecule has 2 fully saturated rings. The number of carbonyl (C=O) groups excluding carboxylic acids is 1. The number of rotatable bonds is 4. The third kappa shape index (κ3) is 4.89. The van der Waals surface area contributed by atoms with E-state index in [9.17, 15) is 26.4 Å². The number of ether oxygens (including phenoxy) is 1. The number of anilines is 1. The number of amidine groups is 1. The van der Waals surface area contributed by atoms with Crippen LogP contribution in [0.1, 0.15) is 5.56 Å². The summed E-state index contributed by atoms with van der Waals surface area (Å²) in [6, 6.07) is 10.4. The van der Waals surface area contributed by atoms with Crippen molar-refractivity contribution in [3.8, 4) is 5.75 Å². The molecule has 2 aromatic rings. The number of hydrogen-bond acceptors (Lipinski definition) is 5. The van der Waals surface area contributed by atoms with E-state index in [2.05, 4.69) is 4.99 Å². The number of hydrogen-bond donors (Lipinski definition) is 0. The lowest BCUT2D eigenvalue weighted by molar-refractivity contribution is -0.137. The average Bonchev–Trinajstić information content (AvgIpc) is 3.17. The zero-order valence-electron chi connectivity index (χ0n) is 16.3. The molecule has 0 aliphatic carbocycles. The number of fused-ring (bicyclic) bond motifs is 1. The number of thioether (sulfide) groups is 1. The maximum Gasteiger partial charge on any atom is 0.418 e. The van der Waals surface area contributed by atoms with Crippen molar-refractivity contribution in [2.75, 3.05) is 23.0 Å². The van der Waals surface area contributed by atoms with Crippen molar-refractivity contribution in [1.29, 1.82) is 0 Å². The van der Waals surface area contributed by atoms with Gasteiger partial charge < -0.3 is 9.64 Å². The van der Waals surface area contributed by atoms with E-state index in [1.165, 1.54) is 23.1 Å². The predicted octanol–water partition coefficient (Wildman–Crippen LogP) is 4.04.